The number of thioether (sulfide) groups is 1. The highest BCUT2D eigenvalue weighted by Gasteiger charge is 1.89. The summed E-state index contributed by atoms with van der Waals surface area (Å²) < 4.78 is 0. The molecule has 13 heavy (non-hydrogen) atoms. The lowest BCUT2D eigenvalue weighted by atomic mass is 10.2. The normalized spacial score (nSPS) is 10.5. The summed E-state index contributed by atoms with van der Waals surface area (Å²) in [5.74, 6) is -0.0921. The van der Waals surface area contributed by atoms with E-state index in [1.54, 1.807) is 5.41 Å². The van der Waals surface area contributed by atoms with Crippen molar-refractivity contribution in [3.8, 4) is 0 Å². The Morgan fingerprint density at radius 3 is 2.69 bits per heavy atom. The fourth-order valence-electron chi connectivity index (χ4n) is 0.825. The van der Waals surface area contributed by atoms with Crippen molar-refractivity contribution in [2.24, 2.45) is 0 Å². The number of hydrogen-bond acceptors (Lipinski definition) is 2. The average molecular weight is 194 g/mol. The van der Waals surface area contributed by atoms with Crippen LogP contribution in [0.3, 0.4) is 0 Å². The fourth-order valence-corrected chi connectivity index (χ4v) is 1.52. The third-order valence-electron chi connectivity index (χ3n) is 1.40. The zero-order chi connectivity index (χ0) is 9.52. The van der Waals surface area contributed by atoms with E-state index in [4.69, 9.17) is 5.11 Å². The maximum atomic E-state index is 10.1. The molecule has 0 unspecified atom stereocenters. The standard InChI is InChI=1S/C10H10O2S/c11-10(12)6-7-13-8-9-4-2-1-3-5-9/h1-7H,8H2,(H,11,12). The van der Waals surface area contributed by atoms with Crippen LogP contribution >= 0.6 is 11.8 Å². The summed E-state index contributed by atoms with van der Waals surface area (Å²) in [7, 11) is 0. The second-order valence-corrected chi connectivity index (χ2v) is 3.33. The van der Waals surface area contributed by atoms with Gasteiger partial charge in [-0.15, -0.1) is 11.8 Å². The highest BCUT2D eigenvalue weighted by Crippen LogP contribution is 2.12. The lowest BCUT2D eigenvalue weighted by Crippen LogP contribution is -1.84. The van der Waals surface area contributed by atoms with Gasteiger partial charge in [0, 0.05) is 11.8 Å². The van der Waals surface area contributed by atoms with Crippen LogP contribution in [0.4, 0.5) is 0 Å². The van der Waals surface area contributed by atoms with Gasteiger partial charge in [-0.1, -0.05) is 30.3 Å². The van der Waals surface area contributed by atoms with Crippen LogP contribution in [-0.4, -0.2) is 11.1 Å². The van der Waals surface area contributed by atoms with E-state index in [1.165, 1.54) is 17.3 Å². The van der Waals surface area contributed by atoms with E-state index in [0.717, 1.165) is 11.8 Å². The van der Waals surface area contributed by atoms with Gasteiger partial charge in [0.05, 0.1) is 0 Å². The van der Waals surface area contributed by atoms with Crippen LogP contribution in [0.5, 0.6) is 0 Å². The Bertz CT molecular complexity index is 293. The minimum atomic E-state index is -0.902. The second-order valence-electron chi connectivity index (χ2n) is 2.44. The molecule has 68 valence electrons. The summed E-state index contributed by atoms with van der Waals surface area (Å²) in [6, 6.07) is 9.93. The van der Waals surface area contributed by atoms with Crippen LogP contribution < -0.4 is 0 Å². The Balaban J connectivity index is 2.32. The molecule has 1 rings (SSSR count). The Hall–Kier alpha value is -1.22. The maximum absolute atomic E-state index is 10.1. The van der Waals surface area contributed by atoms with Gasteiger partial charge in [-0.25, -0.2) is 4.79 Å². The molecule has 0 atom stereocenters. The lowest BCUT2D eigenvalue weighted by Gasteiger charge is -1.95. The highest BCUT2D eigenvalue weighted by molar-refractivity contribution is 8.01. The van der Waals surface area contributed by atoms with E-state index >= 15 is 0 Å². The van der Waals surface area contributed by atoms with Crippen molar-refractivity contribution in [2.45, 2.75) is 5.75 Å². The van der Waals surface area contributed by atoms with Crippen LogP contribution in [0.1, 0.15) is 5.56 Å². The number of carboxylic acids is 1. The van der Waals surface area contributed by atoms with Crippen molar-refractivity contribution in [1.82, 2.24) is 0 Å². The summed E-state index contributed by atoms with van der Waals surface area (Å²) in [6.07, 6.45) is 1.15. The second kappa shape index (κ2) is 5.43. The first-order chi connectivity index (χ1) is 6.29. The number of hydrogen-bond donors (Lipinski definition) is 1. The van der Waals surface area contributed by atoms with Crippen molar-refractivity contribution in [2.75, 3.05) is 0 Å². The number of carboxylic acid groups (broad SMARTS) is 1. The molecule has 0 spiro atoms. The minimum Gasteiger partial charge on any atom is -0.478 e. The van der Waals surface area contributed by atoms with E-state index in [9.17, 15) is 4.79 Å². The first-order valence-corrected chi connectivity index (χ1v) is 4.89. The van der Waals surface area contributed by atoms with Crippen LogP contribution in [0.2, 0.25) is 0 Å². The van der Waals surface area contributed by atoms with Crippen molar-refractivity contribution >= 4 is 17.7 Å². The van der Waals surface area contributed by atoms with Gasteiger partial charge in [-0.05, 0) is 11.0 Å². The quantitative estimate of drug-likeness (QED) is 0.748. The van der Waals surface area contributed by atoms with Crippen molar-refractivity contribution in [3.05, 3.63) is 47.4 Å². The molecule has 0 aromatic heterocycles. The molecular formula is C10H10O2S. The summed E-state index contributed by atoms with van der Waals surface area (Å²) in [5, 5.41) is 9.90. The third-order valence-corrected chi connectivity index (χ3v) is 2.23. The Kier molecular flexibility index (Phi) is 4.12. The number of benzene rings is 1. The van der Waals surface area contributed by atoms with Crippen molar-refractivity contribution in [3.63, 3.8) is 0 Å². The predicted molar refractivity (Wildman–Crippen MR) is 54.5 cm³/mol. The van der Waals surface area contributed by atoms with Gasteiger partial charge in [0.2, 0.25) is 0 Å². The summed E-state index contributed by atoms with van der Waals surface area (Å²) in [4.78, 5) is 10.1. The number of rotatable bonds is 4. The van der Waals surface area contributed by atoms with E-state index in [1.807, 2.05) is 30.3 Å². The third kappa shape index (κ3) is 4.38. The molecule has 2 nitrogen and oxygen atoms in total. The molecule has 0 amide bonds. The monoisotopic (exact) mass is 194 g/mol. The molecule has 1 aromatic carbocycles. The highest BCUT2D eigenvalue weighted by atomic mass is 32.2. The molecule has 3 heteroatoms. The van der Waals surface area contributed by atoms with Gasteiger partial charge in [-0.2, -0.15) is 0 Å². The van der Waals surface area contributed by atoms with Gasteiger partial charge < -0.3 is 5.11 Å². The fraction of sp³-hybridized carbons (Fsp3) is 0.100. The van der Waals surface area contributed by atoms with Gasteiger partial charge in [0.15, 0.2) is 0 Å². The summed E-state index contributed by atoms with van der Waals surface area (Å²) in [5.41, 5.74) is 1.20. The van der Waals surface area contributed by atoms with Gasteiger partial charge in [0.1, 0.15) is 0 Å². The van der Waals surface area contributed by atoms with E-state index in [0.29, 0.717) is 0 Å². The van der Waals surface area contributed by atoms with Crippen LogP contribution in [0.15, 0.2) is 41.8 Å². The molecule has 1 N–H and O–H groups in total. The summed E-state index contributed by atoms with van der Waals surface area (Å²) >= 11 is 1.47. The van der Waals surface area contributed by atoms with E-state index in [-0.39, 0.29) is 0 Å². The molecular weight excluding hydrogens is 184 g/mol. The van der Waals surface area contributed by atoms with Gasteiger partial charge in [0.25, 0.3) is 0 Å². The van der Waals surface area contributed by atoms with Crippen molar-refractivity contribution in [1.29, 1.82) is 0 Å². The topological polar surface area (TPSA) is 37.3 Å². The van der Waals surface area contributed by atoms with Crippen LogP contribution in [0, 0.1) is 0 Å². The van der Waals surface area contributed by atoms with Gasteiger partial charge in [-0.3, -0.25) is 0 Å². The molecule has 0 fully saturated rings. The maximum Gasteiger partial charge on any atom is 0.328 e. The van der Waals surface area contributed by atoms with Crippen molar-refractivity contribution < 1.29 is 9.90 Å². The van der Waals surface area contributed by atoms with Crippen LogP contribution in [-0.2, 0) is 10.5 Å². The Morgan fingerprint density at radius 2 is 2.08 bits per heavy atom. The lowest BCUT2D eigenvalue weighted by molar-refractivity contribution is -0.131. The first-order valence-electron chi connectivity index (χ1n) is 3.84. The number of aliphatic carboxylic acids is 1. The summed E-state index contributed by atoms with van der Waals surface area (Å²) in [6.45, 7) is 0. The minimum absolute atomic E-state index is 0.810. The average Bonchev–Trinajstić information content (AvgIpc) is 2.14. The molecule has 0 aliphatic carbocycles. The molecule has 0 aliphatic rings. The zero-order valence-corrected chi connectivity index (χ0v) is 7.83. The smallest absolute Gasteiger partial charge is 0.328 e. The largest absolute Gasteiger partial charge is 0.478 e. The van der Waals surface area contributed by atoms with E-state index < -0.39 is 5.97 Å². The predicted octanol–water partition coefficient (Wildman–Crippen LogP) is 2.52. The molecule has 0 aliphatic heterocycles. The molecule has 1 aromatic rings. The molecule has 0 saturated heterocycles. The SMILES string of the molecule is O=C(O)C=CSCc1ccccc1. The Morgan fingerprint density at radius 1 is 1.38 bits per heavy atom. The van der Waals surface area contributed by atoms with Crippen LogP contribution in [0.25, 0.3) is 0 Å². The van der Waals surface area contributed by atoms with E-state index in [2.05, 4.69) is 0 Å². The first kappa shape index (κ1) is 9.86. The number of carbonyl (C=O) groups is 1. The molecule has 0 bridgehead atoms. The zero-order valence-electron chi connectivity index (χ0n) is 7.01. The molecule has 0 radical (unpaired) electrons. The molecule has 0 heterocycles. The van der Waals surface area contributed by atoms with Gasteiger partial charge >= 0.3 is 5.97 Å². The molecule has 0 saturated carbocycles. The Labute approximate surface area is 81.3 Å².